The molecule has 2 aliphatic heterocycles. The molecule has 2 aliphatic rings. The molecule has 11 heteroatoms. The highest BCUT2D eigenvalue weighted by Crippen LogP contribution is 2.42. The maximum Gasteiger partial charge on any atom is 0.195 e. The van der Waals surface area contributed by atoms with Gasteiger partial charge in [0.15, 0.2) is 12.1 Å². The maximum atomic E-state index is 7.70. The summed E-state index contributed by atoms with van der Waals surface area (Å²) in [5.41, 5.74) is 6.92. The summed E-state index contributed by atoms with van der Waals surface area (Å²) >= 11 is 0. The topological polar surface area (TPSA) is 102 Å². The van der Waals surface area contributed by atoms with Crippen LogP contribution in [-0.4, -0.2) is 81.2 Å². The van der Waals surface area contributed by atoms with Crippen molar-refractivity contribution in [1.29, 1.82) is 0 Å². The summed E-state index contributed by atoms with van der Waals surface area (Å²) in [5, 5.41) is 0. The van der Waals surface area contributed by atoms with Crippen molar-refractivity contribution >= 4 is 0 Å². The third kappa shape index (κ3) is 14.9. The van der Waals surface area contributed by atoms with Gasteiger partial charge in [0.2, 0.25) is 0 Å². The Bertz CT molecular complexity index is 2620. The summed E-state index contributed by atoms with van der Waals surface area (Å²) in [6, 6.07) is 70.4. The van der Waals surface area contributed by atoms with Gasteiger partial charge >= 0.3 is 0 Å². The van der Waals surface area contributed by atoms with Gasteiger partial charge in [0.25, 0.3) is 0 Å². The van der Waals surface area contributed by atoms with Gasteiger partial charge in [0, 0.05) is 7.11 Å². The van der Waals surface area contributed by atoms with Gasteiger partial charge in [-0.1, -0.05) is 212 Å². The van der Waals surface area contributed by atoms with Gasteiger partial charge in [-0.15, -0.1) is 0 Å². The van der Waals surface area contributed by atoms with Gasteiger partial charge in [-0.2, -0.15) is 0 Å². The van der Waals surface area contributed by atoms with E-state index in [0.717, 1.165) is 38.9 Å². The van der Waals surface area contributed by atoms with Crippen LogP contribution in [0.5, 0.6) is 0 Å². The maximum absolute atomic E-state index is 7.70. The number of hydrogen-bond donors (Lipinski definition) is 0. The first-order valence-corrected chi connectivity index (χ1v) is 25.6. The largest absolute Gasteiger partial charge is 0.374 e. The third-order valence-electron chi connectivity index (χ3n) is 13.3. The molecule has 2 fully saturated rings. The minimum absolute atomic E-state index is 0.113. The minimum Gasteiger partial charge on any atom is -0.374 e. The summed E-state index contributed by atoms with van der Waals surface area (Å²) in [6.45, 7) is 4.10. The molecule has 2 heterocycles. The van der Waals surface area contributed by atoms with Crippen molar-refractivity contribution in [3.8, 4) is 0 Å². The predicted molar refractivity (Wildman–Crippen MR) is 281 cm³/mol. The number of rotatable bonds is 26. The molecule has 0 radical (unpaired) electrons. The second-order valence-electron chi connectivity index (χ2n) is 18.8. The highest BCUT2D eigenvalue weighted by molar-refractivity contribution is 5.19. The van der Waals surface area contributed by atoms with Crippen LogP contribution in [0.4, 0.5) is 0 Å². The van der Waals surface area contributed by atoms with Gasteiger partial charge in [0.1, 0.15) is 48.8 Å². The van der Waals surface area contributed by atoms with E-state index in [1.54, 1.807) is 7.11 Å². The zero-order valence-corrected chi connectivity index (χ0v) is 42.3. The fraction of sp³-hybridized carbons (Fsp3) is 0.333. The summed E-state index contributed by atoms with van der Waals surface area (Å²) < 4.78 is 76.7. The monoisotopic (exact) mass is 1000 g/mol. The Balaban J connectivity index is 1.13. The Morgan fingerprint density at radius 2 is 0.676 bits per heavy atom. The lowest BCUT2D eigenvalue weighted by atomic mass is 9.91. The summed E-state index contributed by atoms with van der Waals surface area (Å²) in [7, 11) is 1.62. The molecule has 0 bridgehead atoms. The Morgan fingerprint density at radius 1 is 0.351 bits per heavy atom. The molecule has 9 rings (SSSR count). The molecule has 10 atom stereocenters. The average Bonchev–Trinajstić information content (AvgIpc) is 3.45. The van der Waals surface area contributed by atoms with Crippen molar-refractivity contribution in [1.82, 2.24) is 0 Å². The lowest BCUT2D eigenvalue weighted by molar-refractivity contribution is -0.413. The van der Waals surface area contributed by atoms with E-state index in [0.29, 0.717) is 13.2 Å². The van der Waals surface area contributed by atoms with Gasteiger partial charge in [0.05, 0.1) is 59.5 Å². The molecular formula is C63H68O11. The van der Waals surface area contributed by atoms with Gasteiger partial charge in [-0.05, 0) is 45.9 Å². The third-order valence-corrected chi connectivity index (χ3v) is 13.3. The van der Waals surface area contributed by atoms with Gasteiger partial charge in [-0.3, -0.25) is 0 Å². The lowest BCUT2D eigenvalue weighted by Crippen LogP contribution is -2.70. The van der Waals surface area contributed by atoms with E-state index in [4.69, 9.17) is 52.1 Å². The normalized spacial score (nSPS) is 24.9. The van der Waals surface area contributed by atoms with Crippen molar-refractivity contribution in [2.24, 2.45) is 0 Å². The SMILES string of the molecule is CO[C@H]1O[C@H](COCc2ccccc2)[C@@H](O[C@@]2(C)O[C@H](COCc3ccccc3)[C@@H](OCc3ccccc3)[C@H](OCc3ccccc3)[C@@H]2OCc2ccccc2)[C@H](OCc2ccccc2)[C@H]1OCc1ccccc1. The molecule has 0 saturated carbocycles. The zero-order valence-electron chi connectivity index (χ0n) is 42.3. The molecule has 11 nitrogen and oxygen atoms in total. The van der Waals surface area contributed by atoms with E-state index in [1.165, 1.54) is 0 Å². The fourth-order valence-electron chi connectivity index (χ4n) is 9.51. The van der Waals surface area contributed by atoms with Crippen LogP contribution in [0.15, 0.2) is 212 Å². The second kappa shape index (κ2) is 27.6. The van der Waals surface area contributed by atoms with Crippen molar-refractivity contribution in [3.63, 3.8) is 0 Å². The molecule has 2 saturated heterocycles. The molecule has 0 spiro atoms. The molecule has 74 heavy (non-hydrogen) atoms. The zero-order chi connectivity index (χ0) is 50.6. The first kappa shape index (κ1) is 52.9. The molecule has 0 N–H and O–H groups in total. The molecule has 0 amide bonds. The van der Waals surface area contributed by atoms with Crippen LogP contribution in [0.2, 0.25) is 0 Å². The number of methoxy groups -OCH3 is 1. The number of hydrogen-bond acceptors (Lipinski definition) is 11. The van der Waals surface area contributed by atoms with Gasteiger partial charge < -0.3 is 52.1 Å². The molecule has 0 unspecified atom stereocenters. The van der Waals surface area contributed by atoms with E-state index in [9.17, 15) is 0 Å². The van der Waals surface area contributed by atoms with Crippen LogP contribution in [0.25, 0.3) is 0 Å². The van der Waals surface area contributed by atoms with Crippen molar-refractivity contribution in [2.45, 2.75) is 114 Å². The van der Waals surface area contributed by atoms with E-state index in [2.05, 4.69) is 0 Å². The van der Waals surface area contributed by atoms with Crippen LogP contribution in [0, 0.1) is 0 Å². The van der Waals surface area contributed by atoms with Crippen LogP contribution < -0.4 is 0 Å². The standard InChI is InChI=1S/C63H68O11/c1-63(74-57-54(45-65-38-47-24-10-3-11-25-47)72-62(64-2)60(70-43-52-34-20-8-21-35-52)58(57)68-41-50-30-16-6-17-31-50)61(71-44-53-36-22-9-23-37-53)59(69-42-51-32-18-7-19-33-51)56(67-40-49-28-14-5-15-29-49)55(73-63)46-66-39-48-26-12-4-13-27-48/h3-37,54-62H,38-46H2,1-2H3/t54-,55-,56-,57-,58+,59+,60-,61+,62+,63-/m1/s1. The highest BCUT2D eigenvalue weighted by atomic mass is 16.8. The molecule has 0 aliphatic carbocycles. The molecular weight excluding hydrogens is 933 g/mol. The molecule has 0 aromatic heterocycles. The van der Waals surface area contributed by atoms with Crippen LogP contribution in [0.3, 0.4) is 0 Å². The smallest absolute Gasteiger partial charge is 0.195 e. The van der Waals surface area contributed by atoms with Crippen LogP contribution >= 0.6 is 0 Å². The Hall–Kier alpha value is -5.90. The Kier molecular flexibility index (Phi) is 19.7. The summed E-state index contributed by atoms with van der Waals surface area (Å²) in [5.74, 6) is -1.59. The van der Waals surface area contributed by atoms with Crippen molar-refractivity contribution < 1.29 is 52.1 Å². The summed E-state index contributed by atoms with van der Waals surface area (Å²) in [4.78, 5) is 0. The van der Waals surface area contributed by atoms with Crippen molar-refractivity contribution in [3.05, 3.63) is 251 Å². The predicted octanol–water partition coefficient (Wildman–Crippen LogP) is 11.2. The average molecular weight is 1000 g/mol. The van der Waals surface area contributed by atoms with E-state index >= 15 is 0 Å². The minimum atomic E-state index is -1.59. The van der Waals surface area contributed by atoms with Crippen molar-refractivity contribution in [2.75, 3.05) is 20.3 Å². The van der Waals surface area contributed by atoms with Gasteiger partial charge in [-0.25, -0.2) is 0 Å². The Morgan fingerprint density at radius 3 is 1.07 bits per heavy atom. The van der Waals surface area contributed by atoms with Crippen LogP contribution in [0.1, 0.15) is 45.9 Å². The summed E-state index contributed by atoms with van der Waals surface area (Å²) in [6.07, 6.45) is -7.25. The second-order valence-corrected chi connectivity index (χ2v) is 18.8. The van der Waals surface area contributed by atoms with E-state index in [-0.39, 0.29) is 46.2 Å². The Labute approximate surface area is 436 Å². The lowest BCUT2D eigenvalue weighted by Gasteiger charge is -2.54. The highest BCUT2D eigenvalue weighted by Gasteiger charge is 2.59. The van der Waals surface area contributed by atoms with Crippen LogP contribution in [-0.2, 0) is 98.4 Å². The molecule has 386 valence electrons. The first-order valence-electron chi connectivity index (χ1n) is 25.6. The quantitative estimate of drug-likeness (QED) is 0.0518. The van der Waals surface area contributed by atoms with E-state index in [1.807, 2.05) is 219 Å². The molecule has 7 aromatic rings. The fourth-order valence-corrected chi connectivity index (χ4v) is 9.51. The number of ether oxygens (including phenoxy) is 11. The first-order chi connectivity index (χ1) is 36.5. The number of benzene rings is 7. The van der Waals surface area contributed by atoms with E-state index < -0.39 is 60.9 Å². The molecule has 7 aromatic carbocycles.